The lowest BCUT2D eigenvalue weighted by Crippen LogP contribution is -2.23. The van der Waals surface area contributed by atoms with E-state index in [4.69, 9.17) is 4.74 Å². The molecule has 1 aromatic rings. The van der Waals surface area contributed by atoms with Gasteiger partial charge in [-0.25, -0.2) is 4.79 Å². The summed E-state index contributed by atoms with van der Waals surface area (Å²) in [7, 11) is 3.14. The minimum Gasteiger partial charge on any atom is -0.462 e. The molecule has 0 bridgehead atoms. The van der Waals surface area contributed by atoms with Gasteiger partial charge in [0.2, 0.25) is 5.91 Å². The van der Waals surface area contributed by atoms with Crippen molar-refractivity contribution in [3.8, 4) is 0 Å². The average Bonchev–Trinajstić information content (AvgIpc) is 2.37. The lowest BCUT2D eigenvalue weighted by atomic mass is 10.1. The molecule has 0 spiro atoms. The molecule has 0 N–H and O–H groups in total. The molecule has 0 radical (unpaired) electrons. The number of amides is 1. The van der Waals surface area contributed by atoms with Gasteiger partial charge in [-0.05, 0) is 24.3 Å². The first kappa shape index (κ1) is 16.0. The molecular formula is C13H14F3NO3. The van der Waals surface area contributed by atoms with Gasteiger partial charge >= 0.3 is 12.1 Å². The van der Waals surface area contributed by atoms with E-state index in [0.29, 0.717) is 0 Å². The molecule has 0 saturated heterocycles. The Morgan fingerprint density at radius 1 is 1.15 bits per heavy atom. The summed E-state index contributed by atoms with van der Waals surface area (Å²) in [6, 6.07) is 3.70. The van der Waals surface area contributed by atoms with Crippen molar-refractivity contribution in [1.82, 2.24) is 4.90 Å². The third kappa shape index (κ3) is 4.56. The Morgan fingerprint density at radius 3 is 2.15 bits per heavy atom. The molecule has 0 aliphatic rings. The molecule has 0 atom stereocenters. The van der Waals surface area contributed by atoms with Crippen LogP contribution in [0.1, 0.15) is 22.3 Å². The summed E-state index contributed by atoms with van der Waals surface area (Å²) in [6.45, 7) is -0.114. The highest BCUT2D eigenvalue weighted by Crippen LogP contribution is 2.29. The van der Waals surface area contributed by atoms with E-state index in [1.807, 2.05) is 0 Å². The van der Waals surface area contributed by atoms with E-state index in [9.17, 15) is 22.8 Å². The lowest BCUT2D eigenvalue weighted by molar-refractivity contribution is -0.137. The van der Waals surface area contributed by atoms with Crippen LogP contribution in [-0.2, 0) is 15.7 Å². The van der Waals surface area contributed by atoms with Crippen LogP contribution in [0.25, 0.3) is 0 Å². The zero-order valence-electron chi connectivity index (χ0n) is 11.0. The molecule has 0 saturated carbocycles. The largest absolute Gasteiger partial charge is 0.462 e. The maximum atomic E-state index is 12.3. The highest BCUT2D eigenvalue weighted by atomic mass is 19.4. The van der Waals surface area contributed by atoms with Crippen molar-refractivity contribution in [2.75, 3.05) is 20.7 Å². The normalized spacial score (nSPS) is 11.1. The molecule has 7 heteroatoms. The topological polar surface area (TPSA) is 46.6 Å². The summed E-state index contributed by atoms with van der Waals surface area (Å²) in [4.78, 5) is 24.1. The minimum absolute atomic E-state index is 0.00954. The van der Waals surface area contributed by atoms with Gasteiger partial charge in [-0.3, -0.25) is 4.79 Å². The number of alkyl halides is 3. The van der Waals surface area contributed by atoms with Crippen LogP contribution in [-0.4, -0.2) is 37.5 Å². The maximum absolute atomic E-state index is 12.3. The Kier molecular flexibility index (Phi) is 5.12. The molecule has 20 heavy (non-hydrogen) atoms. The van der Waals surface area contributed by atoms with Crippen molar-refractivity contribution in [2.45, 2.75) is 12.6 Å². The molecule has 0 unspecified atom stereocenters. The summed E-state index contributed by atoms with van der Waals surface area (Å²) >= 11 is 0. The number of carbonyl (C=O) groups excluding carboxylic acids is 2. The summed E-state index contributed by atoms with van der Waals surface area (Å²) in [6.07, 6.45) is -4.42. The predicted octanol–water partition coefficient (Wildman–Crippen LogP) is 2.34. The number of carbonyl (C=O) groups is 2. The molecule has 0 heterocycles. The molecule has 1 aromatic carbocycles. The molecule has 0 aliphatic heterocycles. The maximum Gasteiger partial charge on any atom is 0.416 e. The summed E-state index contributed by atoms with van der Waals surface area (Å²) in [5.74, 6) is -0.963. The fraction of sp³-hybridized carbons (Fsp3) is 0.385. The molecule has 1 amide bonds. The van der Waals surface area contributed by atoms with Crippen LogP contribution in [0.4, 0.5) is 13.2 Å². The van der Waals surface area contributed by atoms with E-state index < -0.39 is 17.7 Å². The number of rotatable bonds is 4. The predicted molar refractivity (Wildman–Crippen MR) is 65.0 cm³/mol. The smallest absolute Gasteiger partial charge is 0.416 e. The third-order valence-corrected chi connectivity index (χ3v) is 2.50. The van der Waals surface area contributed by atoms with Gasteiger partial charge in [0.25, 0.3) is 0 Å². The molecule has 0 fully saturated rings. The Balaban J connectivity index is 2.54. The van der Waals surface area contributed by atoms with Gasteiger partial charge in [-0.2, -0.15) is 13.2 Å². The van der Waals surface area contributed by atoms with Crippen molar-refractivity contribution >= 4 is 11.9 Å². The van der Waals surface area contributed by atoms with Crippen LogP contribution in [0.3, 0.4) is 0 Å². The summed E-state index contributed by atoms with van der Waals surface area (Å²) < 4.78 is 41.8. The first-order chi connectivity index (χ1) is 9.21. The molecule has 0 aromatic heterocycles. The number of halogens is 3. The first-order valence-corrected chi connectivity index (χ1v) is 5.76. The van der Waals surface area contributed by atoms with Crippen molar-refractivity contribution < 1.29 is 27.5 Å². The average molecular weight is 289 g/mol. The monoisotopic (exact) mass is 289 g/mol. The number of esters is 1. The Morgan fingerprint density at radius 2 is 1.70 bits per heavy atom. The van der Waals surface area contributed by atoms with Crippen LogP contribution in [0.2, 0.25) is 0 Å². The fourth-order valence-electron chi connectivity index (χ4n) is 1.33. The van der Waals surface area contributed by atoms with Crippen LogP contribution >= 0.6 is 0 Å². The number of hydrogen-bond acceptors (Lipinski definition) is 3. The fourth-order valence-corrected chi connectivity index (χ4v) is 1.33. The van der Waals surface area contributed by atoms with Gasteiger partial charge in [-0.1, -0.05) is 0 Å². The van der Waals surface area contributed by atoms with Gasteiger partial charge in [0.05, 0.1) is 17.5 Å². The van der Waals surface area contributed by atoms with Gasteiger partial charge in [0.15, 0.2) is 0 Å². The summed E-state index contributed by atoms with van der Waals surface area (Å²) in [5, 5.41) is 0. The zero-order valence-corrected chi connectivity index (χ0v) is 11.0. The van der Waals surface area contributed by atoms with Crippen molar-refractivity contribution in [2.24, 2.45) is 0 Å². The van der Waals surface area contributed by atoms with Gasteiger partial charge in [-0.15, -0.1) is 0 Å². The number of benzene rings is 1. The second-order valence-electron chi connectivity index (χ2n) is 4.25. The van der Waals surface area contributed by atoms with Crippen LogP contribution in [0.5, 0.6) is 0 Å². The van der Waals surface area contributed by atoms with Gasteiger partial charge in [0.1, 0.15) is 6.61 Å². The van der Waals surface area contributed by atoms with Crippen LogP contribution < -0.4 is 0 Å². The van der Waals surface area contributed by atoms with Crippen molar-refractivity contribution in [3.05, 3.63) is 35.4 Å². The highest BCUT2D eigenvalue weighted by molar-refractivity contribution is 5.89. The third-order valence-electron chi connectivity index (χ3n) is 2.50. The van der Waals surface area contributed by atoms with Gasteiger partial charge in [0, 0.05) is 14.1 Å². The quantitative estimate of drug-likeness (QED) is 0.799. The Labute approximate surface area is 114 Å². The van der Waals surface area contributed by atoms with Crippen LogP contribution in [0.15, 0.2) is 24.3 Å². The minimum atomic E-state index is -4.44. The van der Waals surface area contributed by atoms with Crippen molar-refractivity contribution in [3.63, 3.8) is 0 Å². The van der Waals surface area contributed by atoms with E-state index >= 15 is 0 Å². The number of nitrogens with zero attached hydrogens (tertiary/aromatic N) is 1. The highest BCUT2D eigenvalue weighted by Gasteiger charge is 2.30. The molecule has 4 nitrogen and oxygen atoms in total. The molecule has 110 valence electrons. The Bertz CT molecular complexity index is 481. The summed E-state index contributed by atoms with van der Waals surface area (Å²) in [5.41, 5.74) is -0.827. The van der Waals surface area contributed by atoms with E-state index in [0.717, 1.165) is 24.3 Å². The second kappa shape index (κ2) is 6.40. The molecule has 0 aliphatic carbocycles. The molecular weight excluding hydrogens is 275 g/mol. The Hall–Kier alpha value is -2.05. The number of ether oxygens (including phenoxy) is 1. The van der Waals surface area contributed by atoms with E-state index in [1.165, 1.54) is 4.90 Å². The van der Waals surface area contributed by atoms with E-state index in [1.54, 1.807) is 14.1 Å². The molecule has 1 rings (SSSR count). The first-order valence-electron chi connectivity index (χ1n) is 5.76. The van der Waals surface area contributed by atoms with Crippen LogP contribution in [0, 0.1) is 0 Å². The second-order valence-corrected chi connectivity index (χ2v) is 4.25. The number of hydrogen-bond donors (Lipinski definition) is 0. The lowest BCUT2D eigenvalue weighted by Gasteiger charge is -2.10. The van der Waals surface area contributed by atoms with E-state index in [-0.39, 0.29) is 24.5 Å². The SMILES string of the molecule is CN(C)C(=O)CCOC(=O)c1ccc(C(F)(F)F)cc1. The van der Waals surface area contributed by atoms with E-state index in [2.05, 4.69) is 0 Å². The standard InChI is InChI=1S/C13H14F3NO3/c1-17(2)11(18)7-8-20-12(19)9-3-5-10(6-4-9)13(14,15)16/h3-6H,7-8H2,1-2H3. The van der Waals surface area contributed by atoms with Crippen molar-refractivity contribution in [1.29, 1.82) is 0 Å². The van der Waals surface area contributed by atoms with Gasteiger partial charge < -0.3 is 9.64 Å². The zero-order chi connectivity index (χ0) is 15.3.